The van der Waals surface area contributed by atoms with E-state index in [-0.39, 0.29) is 6.61 Å². The number of hydrogen-bond acceptors (Lipinski definition) is 4. The predicted octanol–water partition coefficient (Wildman–Crippen LogP) is 0.256. The fourth-order valence-electron chi connectivity index (χ4n) is 1.06. The second-order valence-electron chi connectivity index (χ2n) is 3.13. The molecular weight excluding hydrogens is 168 g/mol. The van der Waals surface area contributed by atoms with Crippen LogP contribution in [0.4, 0.5) is 0 Å². The van der Waals surface area contributed by atoms with Gasteiger partial charge in [-0.2, -0.15) is 0 Å². The average Bonchev–Trinajstić information content (AvgIpc) is 2.18. The summed E-state index contributed by atoms with van der Waals surface area (Å²) in [4.78, 5) is 4.08. The number of hydrogen-bond donors (Lipinski definition) is 2. The summed E-state index contributed by atoms with van der Waals surface area (Å²) in [5.41, 5.74) is 5.54. The highest BCUT2D eigenvalue weighted by Gasteiger charge is 2.25. The number of rotatable bonds is 3. The maximum atomic E-state index is 9.05. The molecule has 1 rings (SSSR count). The molecule has 4 nitrogen and oxygen atoms in total. The molecule has 3 N–H and O–H groups in total. The zero-order chi connectivity index (χ0) is 9.90. The zero-order valence-corrected chi connectivity index (χ0v) is 7.82. The van der Waals surface area contributed by atoms with E-state index in [1.54, 1.807) is 32.4 Å². The van der Waals surface area contributed by atoms with Gasteiger partial charge < -0.3 is 15.6 Å². The van der Waals surface area contributed by atoms with Gasteiger partial charge in [-0.25, -0.2) is 0 Å². The SMILES string of the molecule is COc1cccnc1C(C)(N)CO. The third kappa shape index (κ3) is 1.96. The Morgan fingerprint density at radius 2 is 2.38 bits per heavy atom. The number of aromatic nitrogens is 1. The number of methoxy groups -OCH3 is 1. The highest BCUT2D eigenvalue weighted by atomic mass is 16.5. The van der Waals surface area contributed by atoms with Gasteiger partial charge in [0.05, 0.1) is 19.3 Å². The maximum absolute atomic E-state index is 9.05. The minimum atomic E-state index is -0.855. The quantitative estimate of drug-likeness (QED) is 0.703. The van der Waals surface area contributed by atoms with Gasteiger partial charge in [-0.1, -0.05) is 0 Å². The van der Waals surface area contributed by atoms with Crippen molar-refractivity contribution < 1.29 is 9.84 Å². The molecule has 0 bridgehead atoms. The molecule has 0 aliphatic heterocycles. The molecule has 0 radical (unpaired) electrons. The van der Waals surface area contributed by atoms with Crippen molar-refractivity contribution >= 4 is 0 Å². The number of ether oxygens (including phenoxy) is 1. The molecule has 1 atom stereocenters. The summed E-state index contributed by atoms with van der Waals surface area (Å²) < 4.78 is 5.08. The fraction of sp³-hybridized carbons (Fsp3) is 0.444. The molecule has 1 aromatic heterocycles. The molecule has 0 aromatic carbocycles. The molecule has 0 aliphatic carbocycles. The lowest BCUT2D eigenvalue weighted by molar-refractivity contribution is 0.202. The van der Waals surface area contributed by atoms with Crippen LogP contribution in [0.5, 0.6) is 5.75 Å². The lowest BCUT2D eigenvalue weighted by Gasteiger charge is -2.22. The van der Waals surface area contributed by atoms with Crippen LogP contribution in [-0.4, -0.2) is 23.8 Å². The molecule has 0 spiro atoms. The Morgan fingerprint density at radius 1 is 1.69 bits per heavy atom. The van der Waals surface area contributed by atoms with Crippen molar-refractivity contribution in [3.05, 3.63) is 24.0 Å². The Bertz CT molecular complexity index is 287. The minimum absolute atomic E-state index is 0.166. The van der Waals surface area contributed by atoms with Crippen molar-refractivity contribution in [3.8, 4) is 5.75 Å². The molecule has 0 amide bonds. The first-order chi connectivity index (χ1) is 6.11. The van der Waals surface area contributed by atoms with Gasteiger partial charge in [0.25, 0.3) is 0 Å². The van der Waals surface area contributed by atoms with Gasteiger partial charge in [-0.05, 0) is 19.1 Å². The zero-order valence-electron chi connectivity index (χ0n) is 7.82. The summed E-state index contributed by atoms with van der Waals surface area (Å²) >= 11 is 0. The van der Waals surface area contributed by atoms with Crippen LogP contribution in [0.2, 0.25) is 0 Å². The van der Waals surface area contributed by atoms with Crippen molar-refractivity contribution in [1.29, 1.82) is 0 Å². The molecule has 1 heterocycles. The third-order valence-electron chi connectivity index (χ3n) is 1.86. The van der Waals surface area contributed by atoms with E-state index in [9.17, 15) is 0 Å². The number of nitrogens with two attached hydrogens (primary N) is 1. The normalized spacial score (nSPS) is 15.1. The van der Waals surface area contributed by atoms with Crippen molar-refractivity contribution in [2.24, 2.45) is 5.73 Å². The Hall–Kier alpha value is -1.13. The van der Waals surface area contributed by atoms with E-state index in [2.05, 4.69) is 4.98 Å². The molecule has 1 unspecified atom stereocenters. The van der Waals surface area contributed by atoms with Gasteiger partial charge in [0, 0.05) is 6.20 Å². The summed E-state index contributed by atoms with van der Waals surface area (Å²) in [7, 11) is 1.55. The molecule has 1 aromatic rings. The second kappa shape index (κ2) is 3.72. The Balaban J connectivity index is 3.12. The third-order valence-corrected chi connectivity index (χ3v) is 1.86. The van der Waals surface area contributed by atoms with Gasteiger partial charge in [-0.3, -0.25) is 4.98 Å². The topological polar surface area (TPSA) is 68.4 Å². The Kier molecular flexibility index (Phi) is 2.85. The highest BCUT2D eigenvalue weighted by molar-refractivity contribution is 5.32. The highest BCUT2D eigenvalue weighted by Crippen LogP contribution is 2.24. The van der Waals surface area contributed by atoms with Crippen LogP contribution in [0, 0.1) is 0 Å². The van der Waals surface area contributed by atoms with Gasteiger partial charge in [0.1, 0.15) is 11.4 Å². The van der Waals surface area contributed by atoms with Crippen LogP contribution >= 0.6 is 0 Å². The van der Waals surface area contributed by atoms with Crippen LogP contribution in [0.25, 0.3) is 0 Å². The first-order valence-corrected chi connectivity index (χ1v) is 4.01. The Labute approximate surface area is 77.4 Å². The summed E-state index contributed by atoms with van der Waals surface area (Å²) in [5, 5.41) is 9.05. The summed E-state index contributed by atoms with van der Waals surface area (Å²) in [6, 6.07) is 3.53. The lowest BCUT2D eigenvalue weighted by atomic mass is 9.99. The Morgan fingerprint density at radius 3 is 2.92 bits per heavy atom. The smallest absolute Gasteiger partial charge is 0.142 e. The average molecular weight is 182 g/mol. The number of pyridine rings is 1. The van der Waals surface area contributed by atoms with Gasteiger partial charge >= 0.3 is 0 Å². The monoisotopic (exact) mass is 182 g/mol. The number of nitrogens with zero attached hydrogens (tertiary/aromatic N) is 1. The van der Waals surface area contributed by atoms with E-state index in [1.165, 1.54) is 0 Å². The van der Waals surface area contributed by atoms with E-state index in [1.807, 2.05) is 0 Å². The first kappa shape index (κ1) is 9.95. The largest absolute Gasteiger partial charge is 0.495 e. The van der Waals surface area contributed by atoms with Crippen LogP contribution in [0.1, 0.15) is 12.6 Å². The van der Waals surface area contributed by atoms with Crippen LogP contribution < -0.4 is 10.5 Å². The molecule has 0 saturated heterocycles. The van der Waals surface area contributed by atoms with E-state index in [0.29, 0.717) is 11.4 Å². The molecular formula is C9H14N2O2. The molecule has 0 fully saturated rings. The van der Waals surface area contributed by atoms with E-state index >= 15 is 0 Å². The van der Waals surface area contributed by atoms with Gasteiger partial charge in [0.15, 0.2) is 0 Å². The van der Waals surface area contributed by atoms with Crippen molar-refractivity contribution in [2.45, 2.75) is 12.5 Å². The summed E-state index contributed by atoms with van der Waals surface area (Å²) in [5.74, 6) is 0.599. The van der Waals surface area contributed by atoms with Crippen molar-refractivity contribution in [2.75, 3.05) is 13.7 Å². The predicted molar refractivity (Wildman–Crippen MR) is 49.4 cm³/mol. The number of aliphatic hydroxyl groups excluding tert-OH is 1. The second-order valence-corrected chi connectivity index (χ2v) is 3.13. The van der Waals surface area contributed by atoms with Crippen molar-refractivity contribution in [3.63, 3.8) is 0 Å². The van der Waals surface area contributed by atoms with E-state index in [0.717, 1.165) is 0 Å². The van der Waals surface area contributed by atoms with Crippen LogP contribution in [0.3, 0.4) is 0 Å². The van der Waals surface area contributed by atoms with Gasteiger partial charge in [-0.15, -0.1) is 0 Å². The molecule has 0 saturated carbocycles. The first-order valence-electron chi connectivity index (χ1n) is 4.01. The lowest BCUT2D eigenvalue weighted by Crippen LogP contribution is -2.38. The molecule has 0 aliphatic rings. The standard InChI is InChI=1S/C9H14N2O2/c1-9(10,6-12)8-7(13-2)4-3-5-11-8/h3-5,12H,6,10H2,1-2H3. The van der Waals surface area contributed by atoms with E-state index < -0.39 is 5.54 Å². The number of aliphatic hydroxyl groups is 1. The van der Waals surface area contributed by atoms with Gasteiger partial charge in [0.2, 0.25) is 0 Å². The minimum Gasteiger partial charge on any atom is -0.495 e. The fourth-order valence-corrected chi connectivity index (χ4v) is 1.06. The van der Waals surface area contributed by atoms with Crippen LogP contribution in [0.15, 0.2) is 18.3 Å². The summed E-state index contributed by atoms with van der Waals surface area (Å²) in [6.45, 7) is 1.54. The summed E-state index contributed by atoms with van der Waals surface area (Å²) in [6.07, 6.45) is 1.62. The van der Waals surface area contributed by atoms with E-state index in [4.69, 9.17) is 15.6 Å². The van der Waals surface area contributed by atoms with Crippen LogP contribution in [-0.2, 0) is 5.54 Å². The maximum Gasteiger partial charge on any atom is 0.142 e. The molecule has 4 heteroatoms. The molecule has 13 heavy (non-hydrogen) atoms. The molecule has 72 valence electrons. The van der Waals surface area contributed by atoms with Crippen molar-refractivity contribution in [1.82, 2.24) is 4.98 Å².